The summed E-state index contributed by atoms with van der Waals surface area (Å²) in [5.41, 5.74) is 9.45. The molecule has 3 N–H and O–H groups in total. The molecule has 0 aliphatic rings. The van der Waals surface area contributed by atoms with Crippen LogP contribution in [0, 0.1) is 5.92 Å². The molecule has 0 aliphatic carbocycles. The van der Waals surface area contributed by atoms with Gasteiger partial charge in [0.1, 0.15) is 0 Å². The van der Waals surface area contributed by atoms with Gasteiger partial charge in [-0.15, -0.1) is 0 Å². The third-order valence-corrected chi connectivity index (χ3v) is 4.31. The largest absolute Gasteiger partial charge is 0.397 e. The molecule has 2 aromatic carbocycles. The molecule has 2 aromatic rings. The number of benzene rings is 2. The number of carbonyl (C=O) groups is 2. The average Bonchev–Trinajstić information content (AvgIpc) is 2.67. The van der Waals surface area contributed by atoms with Crippen molar-refractivity contribution in [1.82, 2.24) is 0 Å². The van der Waals surface area contributed by atoms with Crippen molar-refractivity contribution in [2.24, 2.45) is 5.92 Å². The van der Waals surface area contributed by atoms with Crippen molar-refractivity contribution in [3.8, 4) is 0 Å². The zero-order valence-corrected chi connectivity index (χ0v) is 16.8. The number of hydrogen-bond acceptors (Lipinski definition) is 4. The van der Waals surface area contributed by atoms with Crippen LogP contribution in [0.2, 0.25) is 0 Å². The number of nitrogens with one attached hydrogen (secondary N) is 1. The van der Waals surface area contributed by atoms with Crippen molar-refractivity contribution in [2.75, 3.05) is 30.0 Å². The molecule has 0 fully saturated rings. The van der Waals surface area contributed by atoms with Crippen molar-refractivity contribution < 1.29 is 9.59 Å². The molecule has 0 bridgehead atoms. The van der Waals surface area contributed by atoms with Crippen LogP contribution >= 0.6 is 0 Å². The van der Waals surface area contributed by atoms with Crippen LogP contribution in [0.5, 0.6) is 0 Å². The first-order valence-electron chi connectivity index (χ1n) is 9.11. The van der Waals surface area contributed by atoms with E-state index in [-0.39, 0.29) is 17.6 Å². The number of hydrogen-bond donors (Lipinski definition) is 2. The molecule has 0 saturated carbocycles. The Kier molecular flexibility index (Phi) is 7.15. The summed E-state index contributed by atoms with van der Waals surface area (Å²) in [5, 5.41) is 2.73. The SMILES string of the molecule is CC(/C=C/C(=O)Nc1ccccc1N)=C\C(C)C(=O)c1ccc(N(C)C)cc1. The van der Waals surface area contributed by atoms with E-state index in [2.05, 4.69) is 5.32 Å². The zero-order chi connectivity index (χ0) is 20.7. The van der Waals surface area contributed by atoms with Crippen LogP contribution in [0.1, 0.15) is 24.2 Å². The Morgan fingerprint density at radius 2 is 1.68 bits per heavy atom. The first kappa shape index (κ1) is 21.0. The van der Waals surface area contributed by atoms with E-state index in [1.807, 2.05) is 63.2 Å². The number of para-hydroxylation sites is 2. The fraction of sp³-hybridized carbons (Fsp3) is 0.217. The van der Waals surface area contributed by atoms with Crippen molar-refractivity contribution in [3.63, 3.8) is 0 Å². The van der Waals surface area contributed by atoms with Crippen LogP contribution in [-0.4, -0.2) is 25.8 Å². The summed E-state index contributed by atoms with van der Waals surface area (Å²) < 4.78 is 0. The molecule has 2 rings (SSSR count). The number of nitrogen functional groups attached to an aromatic ring is 1. The predicted molar refractivity (Wildman–Crippen MR) is 117 cm³/mol. The van der Waals surface area contributed by atoms with Crippen molar-refractivity contribution in [2.45, 2.75) is 13.8 Å². The maximum atomic E-state index is 12.6. The lowest BCUT2D eigenvalue weighted by Gasteiger charge is -2.13. The van der Waals surface area contributed by atoms with E-state index in [9.17, 15) is 9.59 Å². The van der Waals surface area contributed by atoms with Gasteiger partial charge in [0.15, 0.2) is 5.78 Å². The zero-order valence-electron chi connectivity index (χ0n) is 16.8. The summed E-state index contributed by atoms with van der Waals surface area (Å²) in [6.07, 6.45) is 4.97. The first-order valence-corrected chi connectivity index (χ1v) is 9.11. The molecule has 0 heterocycles. The Labute approximate surface area is 166 Å². The molecule has 0 aromatic heterocycles. The van der Waals surface area contributed by atoms with Gasteiger partial charge in [-0.2, -0.15) is 0 Å². The van der Waals surface area contributed by atoms with Gasteiger partial charge in [0.25, 0.3) is 0 Å². The third kappa shape index (κ3) is 5.84. The molecular formula is C23H27N3O2. The summed E-state index contributed by atoms with van der Waals surface area (Å²) in [4.78, 5) is 26.6. The lowest BCUT2D eigenvalue weighted by molar-refractivity contribution is -0.111. The fourth-order valence-corrected chi connectivity index (χ4v) is 2.70. The van der Waals surface area contributed by atoms with Crippen LogP contribution in [-0.2, 0) is 4.79 Å². The van der Waals surface area contributed by atoms with E-state index >= 15 is 0 Å². The number of nitrogens with zero attached hydrogens (tertiary/aromatic N) is 1. The van der Waals surface area contributed by atoms with E-state index in [0.29, 0.717) is 16.9 Å². The van der Waals surface area contributed by atoms with Gasteiger partial charge < -0.3 is 16.0 Å². The van der Waals surface area contributed by atoms with Gasteiger partial charge in [-0.1, -0.05) is 36.8 Å². The molecule has 5 heteroatoms. The van der Waals surface area contributed by atoms with Gasteiger partial charge in [0.2, 0.25) is 5.91 Å². The second kappa shape index (κ2) is 9.55. The number of allylic oxidation sites excluding steroid dienone is 3. The van der Waals surface area contributed by atoms with Gasteiger partial charge >= 0.3 is 0 Å². The Bertz CT molecular complexity index is 896. The topological polar surface area (TPSA) is 75.4 Å². The quantitative estimate of drug-likeness (QED) is 0.327. The fourth-order valence-electron chi connectivity index (χ4n) is 2.70. The Balaban J connectivity index is 1.99. The molecular weight excluding hydrogens is 350 g/mol. The molecule has 0 aliphatic heterocycles. The average molecular weight is 377 g/mol. The highest BCUT2D eigenvalue weighted by Gasteiger charge is 2.13. The van der Waals surface area contributed by atoms with Crippen LogP contribution in [0.3, 0.4) is 0 Å². The third-order valence-electron chi connectivity index (χ3n) is 4.31. The van der Waals surface area contributed by atoms with Gasteiger partial charge in [-0.3, -0.25) is 9.59 Å². The van der Waals surface area contributed by atoms with Crippen LogP contribution < -0.4 is 16.0 Å². The van der Waals surface area contributed by atoms with Gasteiger partial charge in [-0.25, -0.2) is 0 Å². The molecule has 28 heavy (non-hydrogen) atoms. The van der Waals surface area contributed by atoms with E-state index < -0.39 is 0 Å². The van der Waals surface area contributed by atoms with E-state index in [1.165, 1.54) is 6.08 Å². The first-order chi connectivity index (χ1) is 13.3. The van der Waals surface area contributed by atoms with Crippen LogP contribution in [0.25, 0.3) is 0 Å². The van der Waals surface area contributed by atoms with Crippen molar-refractivity contribution in [1.29, 1.82) is 0 Å². The van der Waals surface area contributed by atoms with Crippen LogP contribution in [0.15, 0.2) is 72.3 Å². The van der Waals surface area contributed by atoms with Crippen molar-refractivity contribution in [3.05, 3.63) is 77.9 Å². The monoisotopic (exact) mass is 377 g/mol. The van der Waals surface area contributed by atoms with Crippen molar-refractivity contribution >= 4 is 28.8 Å². The summed E-state index contributed by atoms with van der Waals surface area (Å²) in [6, 6.07) is 14.6. The number of ketones is 1. The normalized spacial score (nSPS) is 12.6. The molecule has 1 unspecified atom stereocenters. The molecule has 5 nitrogen and oxygen atoms in total. The second-order valence-corrected chi connectivity index (χ2v) is 6.91. The number of amides is 1. The summed E-state index contributed by atoms with van der Waals surface area (Å²) in [5.74, 6) is -0.522. The Morgan fingerprint density at radius 1 is 1.04 bits per heavy atom. The number of rotatable bonds is 7. The second-order valence-electron chi connectivity index (χ2n) is 6.91. The highest BCUT2D eigenvalue weighted by Crippen LogP contribution is 2.18. The number of carbonyl (C=O) groups excluding carboxylic acids is 2. The Morgan fingerprint density at radius 3 is 2.29 bits per heavy atom. The van der Waals surface area contributed by atoms with Gasteiger partial charge in [0.05, 0.1) is 11.4 Å². The molecule has 1 atom stereocenters. The minimum absolute atomic E-state index is 0.0413. The molecule has 1 amide bonds. The Hall–Kier alpha value is -3.34. The maximum Gasteiger partial charge on any atom is 0.248 e. The van der Waals surface area contributed by atoms with Gasteiger partial charge in [0, 0.05) is 37.3 Å². The number of nitrogens with two attached hydrogens (primary N) is 1. The predicted octanol–water partition coefficient (Wildman–Crippen LogP) is 4.29. The molecule has 0 saturated heterocycles. The number of Topliss-reactive ketones (excluding diaryl/α,β-unsaturated/α-hetero) is 1. The van der Waals surface area contributed by atoms with E-state index in [4.69, 9.17) is 5.73 Å². The van der Waals surface area contributed by atoms with Gasteiger partial charge in [-0.05, 0) is 43.3 Å². The molecule has 0 radical (unpaired) electrons. The van der Waals surface area contributed by atoms with Crippen LogP contribution in [0.4, 0.5) is 17.1 Å². The number of anilines is 3. The minimum Gasteiger partial charge on any atom is -0.397 e. The van der Waals surface area contributed by atoms with E-state index in [0.717, 1.165) is 11.3 Å². The minimum atomic E-state index is -0.289. The standard InChI is InChI=1S/C23H27N3O2/c1-16(9-14-22(27)25-21-8-6-5-7-20(21)24)15-17(2)23(28)18-10-12-19(13-11-18)26(3)4/h5-15,17H,24H2,1-4H3,(H,25,27)/b14-9+,16-15+. The molecule has 0 spiro atoms. The highest BCUT2D eigenvalue weighted by atomic mass is 16.1. The summed E-state index contributed by atoms with van der Waals surface area (Å²) in [7, 11) is 3.92. The molecule has 146 valence electrons. The lowest BCUT2D eigenvalue weighted by Crippen LogP contribution is -2.11. The maximum absolute atomic E-state index is 12.6. The van der Waals surface area contributed by atoms with E-state index in [1.54, 1.807) is 30.3 Å². The highest BCUT2D eigenvalue weighted by molar-refractivity contribution is 6.01. The summed E-state index contributed by atoms with van der Waals surface area (Å²) >= 11 is 0. The lowest BCUT2D eigenvalue weighted by atomic mass is 9.97. The summed E-state index contributed by atoms with van der Waals surface area (Å²) in [6.45, 7) is 3.71. The smallest absolute Gasteiger partial charge is 0.248 e.